The first kappa shape index (κ1) is 48.5. The molecule has 2 atom stereocenters. The van der Waals surface area contributed by atoms with Crippen molar-refractivity contribution in [1.29, 1.82) is 0 Å². The van der Waals surface area contributed by atoms with Gasteiger partial charge in [0, 0.05) is 96.0 Å². The average Bonchev–Trinajstić information content (AvgIpc) is 3.79. The normalized spacial score (nSPS) is 19.2. The van der Waals surface area contributed by atoms with E-state index < -0.39 is 40.7 Å². The maximum absolute atomic E-state index is 12.9. The molecule has 3 amide bonds. The standard InChI is InChI=1S/C22H25F3N6O3.C20H22F3N5O4S/c1-29(2)19(32)16-11-30(12-16)21-27-9-17(10-28-21)31-6-5-15(20(31)33)7-14-3-4-18(26-8-14)34-13-22(23,24)25;1-33(30,31)16-10-27(11-16)19-25-8-15(9-26-19)28-5-4-14(18(28)29)6-13-2-3-17(24-7-13)32-12-20(21,22)23/h3-4,8-10,15-16H,5-7,11-13H2,1-2H3;2-3,7-9,14,16H,4-6,10-12H2,1H3. The van der Waals surface area contributed by atoms with Crippen LogP contribution in [0.4, 0.5) is 49.6 Å². The molecule has 0 saturated carbocycles. The number of rotatable bonds is 14. The van der Waals surface area contributed by atoms with Gasteiger partial charge in [0.2, 0.25) is 41.4 Å². The highest BCUT2D eigenvalue weighted by atomic mass is 32.2. The van der Waals surface area contributed by atoms with E-state index in [2.05, 4.69) is 39.4 Å². The smallest absolute Gasteiger partial charge is 0.422 e. The van der Waals surface area contributed by atoms with Crippen LogP contribution in [0.3, 0.4) is 0 Å². The predicted octanol–water partition coefficient (Wildman–Crippen LogP) is 3.57. The van der Waals surface area contributed by atoms with Gasteiger partial charge in [-0.1, -0.05) is 12.1 Å². The van der Waals surface area contributed by atoms with Crippen LogP contribution in [0.1, 0.15) is 24.0 Å². The highest BCUT2D eigenvalue weighted by Crippen LogP contribution is 2.31. The molecule has 4 aliphatic heterocycles. The van der Waals surface area contributed by atoms with Crippen LogP contribution >= 0.6 is 0 Å². The minimum absolute atomic E-state index is 0.0565. The zero-order chi connectivity index (χ0) is 48.3. The lowest BCUT2D eigenvalue weighted by molar-refractivity contribution is -0.154. The molecule has 8 heterocycles. The molecular weight excluding hydrogens is 917 g/mol. The molecule has 0 spiro atoms. The van der Waals surface area contributed by atoms with Gasteiger partial charge in [0.05, 0.1) is 47.3 Å². The van der Waals surface area contributed by atoms with Crippen LogP contribution in [0.25, 0.3) is 0 Å². The number of hydrogen-bond acceptors (Lipinski definition) is 15. The number of anilines is 4. The Labute approximate surface area is 381 Å². The summed E-state index contributed by atoms with van der Waals surface area (Å²) in [6.45, 7) is 0.0230. The Kier molecular flexibility index (Phi) is 14.4. The van der Waals surface area contributed by atoms with Crippen LogP contribution < -0.4 is 29.1 Å². The third-order valence-electron chi connectivity index (χ3n) is 11.5. The van der Waals surface area contributed by atoms with Gasteiger partial charge in [0.25, 0.3) is 0 Å². The van der Waals surface area contributed by atoms with Crippen molar-refractivity contribution < 1.29 is 58.6 Å². The number of amides is 3. The van der Waals surface area contributed by atoms with Crippen molar-refractivity contribution >= 4 is 50.8 Å². The maximum Gasteiger partial charge on any atom is 0.422 e. The summed E-state index contributed by atoms with van der Waals surface area (Å²) in [6, 6.07) is 5.95. The molecule has 0 aromatic carbocycles. The summed E-state index contributed by atoms with van der Waals surface area (Å²) in [7, 11) is 0.377. The quantitative estimate of drug-likeness (QED) is 0.166. The number of carbonyl (C=O) groups excluding carboxylic acids is 3. The number of alkyl halides is 6. The van der Waals surface area contributed by atoms with Gasteiger partial charge in [-0.25, -0.2) is 38.3 Å². The Hall–Kier alpha value is -6.40. The first-order valence-corrected chi connectivity index (χ1v) is 23.0. The van der Waals surface area contributed by atoms with Gasteiger partial charge in [-0.15, -0.1) is 0 Å². The molecule has 25 heteroatoms. The second kappa shape index (κ2) is 19.8. The van der Waals surface area contributed by atoms with Gasteiger partial charge in [-0.05, 0) is 36.8 Å². The number of nitrogens with zero attached hydrogens (tertiary/aromatic N) is 11. The summed E-state index contributed by atoms with van der Waals surface area (Å²) in [5.41, 5.74) is 2.62. The monoisotopic (exact) mass is 963 g/mol. The number of aromatic nitrogens is 6. The van der Waals surface area contributed by atoms with Crippen LogP contribution in [-0.2, 0) is 37.1 Å². The zero-order valence-electron chi connectivity index (χ0n) is 36.5. The molecule has 8 rings (SSSR count). The number of ether oxygens (including phenoxy) is 2. The molecule has 2 unspecified atom stereocenters. The average molecular weight is 964 g/mol. The fourth-order valence-corrected chi connectivity index (χ4v) is 8.66. The minimum Gasteiger partial charge on any atom is -0.468 e. The van der Waals surface area contributed by atoms with E-state index in [9.17, 15) is 49.1 Å². The van der Waals surface area contributed by atoms with E-state index in [0.717, 1.165) is 11.1 Å². The van der Waals surface area contributed by atoms with E-state index in [1.165, 1.54) is 30.8 Å². The molecule has 0 N–H and O–H groups in total. The van der Waals surface area contributed by atoms with Crippen LogP contribution in [0.15, 0.2) is 61.4 Å². The fraction of sp³-hybridized carbons (Fsp3) is 0.500. The second-order valence-electron chi connectivity index (χ2n) is 16.8. The molecule has 4 aromatic heterocycles. The lowest BCUT2D eigenvalue weighted by Crippen LogP contribution is -2.55. The Morgan fingerprint density at radius 2 is 1.06 bits per heavy atom. The van der Waals surface area contributed by atoms with Gasteiger partial charge in [-0.2, -0.15) is 26.3 Å². The van der Waals surface area contributed by atoms with Crippen molar-refractivity contribution in [3.05, 3.63) is 72.6 Å². The van der Waals surface area contributed by atoms with E-state index in [1.807, 2.05) is 4.90 Å². The number of carbonyl (C=O) groups is 3. The summed E-state index contributed by atoms with van der Waals surface area (Å²) < 4.78 is 106. The number of pyridine rings is 2. The Morgan fingerprint density at radius 1 is 0.657 bits per heavy atom. The molecule has 4 aliphatic rings. The number of halogens is 6. The van der Waals surface area contributed by atoms with Gasteiger partial charge < -0.3 is 34.0 Å². The van der Waals surface area contributed by atoms with Crippen LogP contribution in [-0.4, -0.2) is 151 Å². The molecule has 0 radical (unpaired) electrons. The molecule has 67 heavy (non-hydrogen) atoms. The summed E-state index contributed by atoms with van der Waals surface area (Å²) in [5, 5.41) is -0.415. The first-order valence-electron chi connectivity index (χ1n) is 21.1. The lowest BCUT2D eigenvalue weighted by Gasteiger charge is -2.39. The van der Waals surface area contributed by atoms with E-state index in [4.69, 9.17) is 0 Å². The lowest BCUT2D eigenvalue weighted by atomic mass is 9.99. The molecule has 18 nitrogen and oxygen atoms in total. The highest BCUT2D eigenvalue weighted by Gasteiger charge is 2.39. The molecule has 0 aliphatic carbocycles. The third kappa shape index (κ3) is 12.5. The Morgan fingerprint density at radius 3 is 1.40 bits per heavy atom. The zero-order valence-corrected chi connectivity index (χ0v) is 37.3. The second-order valence-corrected chi connectivity index (χ2v) is 19.2. The fourth-order valence-electron chi connectivity index (χ4n) is 7.75. The molecule has 4 fully saturated rings. The van der Waals surface area contributed by atoms with Crippen molar-refractivity contribution in [2.45, 2.75) is 43.3 Å². The van der Waals surface area contributed by atoms with Crippen molar-refractivity contribution in [3.8, 4) is 11.8 Å². The molecule has 360 valence electrons. The van der Waals surface area contributed by atoms with E-state index in [0.29, 0.717) is 88.2 Å². The number of hydrogen-bond donors (Lipinski definition) is 0. The number of sulfone groups is 1. The largest absolute Gasteiger partial charge is 0.468 e. The maximum atomic E-state index is 12.9. The van der Waals surface area contributed by atoms with Crippen molar-refractivity contribution in [2.24, 2.45) is 17.8 Å². The van der Waals surface area contributed by atoms with Crippen molar-refractivity contribution in [1.82, 2.24) is 34.8 Å². The van der Waals surface area contributed by atoms with Crippen molar-refractivity contribution in [3.63, 3.8) is 0 Å². The summed E-state index contributed by atoms with van der Waals surface area (Å²) in [4.78, 5) is 71.3. The Bertz CT molecular complexity index is 2470. The van der Waals surface area contributed by atoms with Gasteiger partial charge in [-0.3, -0.25) is 14.4 Å². The van der Waals surface area contributed by atoms with E-state index >= 15 is 0 Å². The summed E-state index contributed by atoms with van der Waals surface area (Å²) in [5.74, 6) is 0.0127. The summed E-state index contributed by atoms with van der Waals surface area (Å²) in [6.07, 6.45) is 3.57. The SMILES string of the molecule is CN(C)C(=O)C1CN(c2ncc(N3CCC(Cc4ccc(OCC(F)(F)F)nc4)C3=O)cn2)C1.CS(=O)(=O)C1CN(c2ncc(N3CCC(Cc4ccc(OCC(F)(F)F)nc4)C3=O)cn2)C1. The highest BCUT2D eigenvalue weighted by molar-refractivity contribution is 7.91. The first-order chi connectivity index (χ1) is 31.6. The van der Waals surface area contributed by atoms with Gasteiger partial charge in [0.15, 0.2) is 23.1 Å². The van der Waals surface area contributed by atoms with Crippen molar-refractivity contribution in [2.75, 3.05) is 92.4 Å². The molecule has 0 bridgehead atoms. The van der Waals surface area contributed by atoms with Crippen LogP contribution in [0, 0.1) is 17.8 Å². The molecule has 4 aromatic rings. The van der Waals surface area contributed by atoms with E-state index in [-0.39, 0.29) is 47.2 Å². The predicted molar refractivity (Wildman–Crippen MR) is 229 cm³/mol. The molecular formula is C42H47F6N11O7S. The van der Waals surface area contributed by atoms with Gasteiger partial charge >= 0.3 is 12.4 Å². The van der Waals surface area contributed by atoms with E-state index in [1.54, 1.807) is 70.6 Å². The summed E-state index contributed by atoms with van der Waals surface area (Å²) >= 11 is 0. The third-order valence-corrected chi connectivity index (χ3v) is 13.0. The minimum atomic E-state index is -4.43. The van der Waals surface area contributed by atoms with Crippen LogP contribution in [0.5, 0.6) is 11.8 Å². The molecule has 4 saturated heterocycles. The van der Waals surface area contributed by atoms with Crippen LogP contribution in [0.2, 0.25) is 0 Å². The van der Waals surface area contributed by atoms with Gasteiger partial charge in [0.1, 0.15) is 0 Å². The topological polar surface area (TPSA) is 197 Å². The Balaban J connectivity index is 0.000000199.